The molecule has 94 valence electrons. The molecule has 0 saturated carbocycles. The van der Waals surface area contributed by atoms with Gasteiger partial charge >= 0.3 is 5.97 Å². The molecule has 0 bridgehead atoms. The van der Waals surface area contributed by atoms with Gasteiger partial charge in [0, 0.05) is 0 Å². The molecule has 0 fully saturated rings. The Morgan fingerprint density at radius 1 is 1.29 bits per heavy atom. The number of hydrogen-bond acceptors (Lipinski definition) is 3. The topological polar surface area (TPSA) is 55.8 Å². The molecule has 0 spiro atoms. The van der Waals surface area contributed by atoms with E-state index in [1.54, 1.807) is 6.07 Å². The van der Waals surface area contributed by atoms with Gasteiger partial charge in [0.15, 0.2) is 11.5 Å². The maximum atomic E-state index is 10.8. The highest BCUT2D eigenvalue weighted by Gasteiger charge is 2.09. The molecule has 0 amide bonds. The minimum Gasteiger partial charge on any atom is -0.493 e. The first kappa shape index (κ1) is 13.4. The van der Waals surface area contributed by atoms with Gasteiger partial charge in [-0.2, -0.15) is 0 Å². The second-order valence-electron chi connectivity index (χ2n) is 3.73. The van der Waals surface area contributed by atoms with E-state index >= 15 is 0 Å². The Bertz CT molecular complexity index is 374. The highest BCUT2D eigenvalue weighted by Crippen LogP contribution is 2.28. The molecule has 4 nitrogen and oxygen atoms in total. The second kappa shape index (κ2) is 6.78. The van der Waals surface area contributed by atoms with Crippen LogP contribution in [0.15, 0.2) is 18.2 Å². The zero-order chi connectivity index (χ0) is 12.7. The van der Waals surface area contributed by atoms with Crippen LogP contribution in [0.5, 0.6) is 11.5 Å². The fourth-order valence-corrected chi connectivity index (χ4v) is 1.46. The SMILES string of the molecule is CCCCCOc1cc(C(=O)O)ccc1OC. The lowest BCUT2D eigenvalue weighted by molar-refractivity contribution is 0.0696. The Labute approximate surface area is 101 Å². The van der Waals surface area contributed by atoms with Crippen molar-refractivity contribution in [2.24, 2.45) is 0 Å². The summed E-state index contributed by atoms with van der Waals surface area (Å²) < 4.78 is 10.7. The zero-order valence-corrected chi connectivity index (χ0v) is 10.2. The van der Waals surface area contributed by atoms with E-state index in [2.05, 4.69) is 6.92 Å². The van der Waals surface area contributed by atoms with Crippen molar-refractivity contribution in [3.05, 3.63) is 23.8 Å². The van der Waals surface area contributed by atoms with Crippen molar-refractivity contribution in [3.8, 4) is 11.5 Å². The Balaban J connectivity index is 2.72. The maximum absolute atomic E-state index is 10.8. The first-order valence-corrected chi connectivity index (χ1v) is 5.73. The van der Waals surface area contributed by atoms with E-state index in [1.807, 2.05) is 0 Å². The summed E-state index contributed by atoms with van der Waals surface area (Å²) in [4.78, 5) is 10.8. The molecule has 1 aromatic carbocycles. The number of carbonyl (C=O) groups is 1. The molecule has 0 heterocycles. The van der Waals surface area contributed by atoms with Gasteiger partial charge in [0.25, 0.3) is 0 Å². The molecule has 1 rings (SSSR count). The normalized spacial score (nSPS) is 10.0. The maximum Gasteiger partial charge on any atom is 0.335 e. The molecule has 4 heteroatoms. The number of rotatable bonds is 7. The van der Waals surface area contributed by atoms with E-state index in [-0.39, 0.29) is 5.56 Å². The van der Waals surface area contributed by atoms with Crippen LogP contribution in [-0.2, 0) is 0 Å². The van der Waals surface area contributed by atoms with Crippen LogP contribution in [0.4, 0.5) is 0 Å². The summed E-state index contributed by atoms with van der Waals surface area (Å²) in [6.07, 6.45) is 3.17. The van der Waals surface area contributed by atoms with E-state index < -0.39 is 5.97 Å². The van der Waals surface area contributed by atoms with Crippen molar-refractivity contribution in [2.75, 3.05) is 13.7 Å². The predicted octanol–water partition coefficient (Wildman–Crippen LogP) is 2.96. The molecule has 17 heavy (non-hydrogen) atoms. The van der Waals surface area contributed by atoms with Crippen LogP contribution in [0.1, 0.15) is 36.5 Å². The van der Waals surface area contributed by atoms with Gasteiger partial charge in [0.05, 0.1) is 19.3 Å². The number of methoxy groups -OCH3 is 1. The minimum absolute atomic E-state index is 0.205. The molecule has 0 saturated heterocycles. The van der Waals surface area contributed by atoms with Crippen LogP contribution in [0.3, 0.4) is 0 Å². The van der Waals surface area contributed by atoms with Crippen LogP contribution in [0, 0.1) is 0 Å². The largest absolute Gasteiger partial charge is 0.493 e. The summed E-state index contributed by atoms with van der Waals surface area (Å²) in [6.45, 7) is 2.69. The van der Waals surface area contributed by atoms with Crippen molar-refractivity contribution in [1.82, 2.24) is 0 Å². The molecule has 1 aromatic rings. The van der Waals surface area contributed by atoms with Gasteiger partial charge in [-0.05, 0) is 24.6 Å². The van der Waals surface area contributed by atoms with Crippen LogP contribution >= 0.6 is 0 Å². The number of benzene rings is 1. The van der Waals surface area contributed by atoms with Gasteiger partial charge in [-0.3, -0.25) is 0 Å². The van der Waals surface area contributed by atoms with Crippen LogP contribution < -0.4 is 9.47 Å². The molecular formula is C13H18O4. The molecule has 1 N–H and O–H groups in total. The van der Waals surface area contributed by atoms with E-state index in [0.717, 1.165) is 19.3 Å². The molecule has 0 aliphatic heterocycles. The number of ether oxygens (including phenoxy) is 2. The van der Waals surface area contributed by atoms with Crippen molar-refractivity contribution in [2.45, 2.75) is 26.2 Å². The summed E-state index contributed by atoms with van der Waals surface area (Å²) in [7, 11) is 1.54. The summed E-state index contributed by atoms with van der Waals surface area (Å²) in [5, 5.41) is 8.89. The number of unbranched alkanes of at least 4 members (excludes halogenated alkanes) is 2. The van der Waals surface area contributed by atoms with E-state index in [0.29, 0.717) is 18.1 Å². The van der Waals surface area contributed by atoms with Gasteiger partial charge in [-0.25, -0.2) is 4.79 Å². The summed E-state index contributed by atoms with van der Waals surface area (Å²) in [5.41, 5.74) is 0.205. The molecule has 0 unspecified atom stereocenters. The monoisotopic (exact) mass is 238 g/mol. The summed E-state index contributed by atoms with van der Waals surface area (Å²) in [6, 6.07) is 4.60. The van der Waals surface area contributed by atoms with Crippen LogP contribution in [-0.4, -0.2) is 24.8 Å². The molecule has 0 atom stereocenters. The number of hydrogen-bond donors (Lipinski definition) is 1. The van der Waals surface area contributed by atoms with E-state index in [9.17, 15) is 4.79 Å². The van der Waals surface area contributed by atoms with E-state index in [1.165, 1.54) is 19.2 Å². The highest BCUT2D eigenvalue weighted by molar-refractivity contribution is 5.88. The predicted molar refractivity (Wildman–Crippen MR) is 65.0 cm³/mol. The van der Waals surface area contributed by atoms with Crippen molar-refractivity contribution >= 4 is 5.97 Å². The average molecular weight is 238 g/mol. The molecule has 0 aromatic heterocycles. The fourth-order valence-electron chi connectivity index (χ4n) is 1.46. The van der Waals surface area contributed by atoms with Gasteiger partial charge in [-0.1, -0.05) is 19.8 Å². The molecule has 0 radical (unpaired) electrons. The van der Waals surface area contributed by atoms with Crippen molar-refractivity contribution in [3.63, 3.8) is 0 Å². The third-order valence-corrected chi connectivity index (χ3v) is 2.42. The highest BCUT2D eigenvalue weighted by atomic mass is 16.5. The van der Waals surface area contributed by atoms with Crippen molar-refractivity contribution in [1.29, 1.82) is 0 Å². The lowest BCUT2D eigenvalue weighted by atomic mass is 10.2. The minimum atomic E-state index is -0.967. The molecule has 0 aliphatic carbocycles. The lowest BCUT2D eigenvalue weighted by Gasteiger charge is -2.11. The van der Waals surface area contributed by atoms with Gasteiger partial charge in [0.2, 0.25) is 0 Å². The molecule has 0 aliphatic rings. The number of aromatic carboxylic acids is 1. The number of carboxylic acids is 1. The van der Waals surface area contributed by atoms with Crippen LogP contribution in [0.2, 0.25) is 0 Å². The lowest BCUT2D eigenvalue weighted by Crippen LogP contribution is -2.02. The van der Waals surface area contributed by atoms with Gasteiger partial charge < -0.3 is 14.6 Å². The Morgan fingerprint density at radius 3 is 2.65 bits per heavy atom. The first-order chi connectivity index (χ1) is 8.19. The van der Waals surface area contributed by atoms with Gasteiger partial charge in [0.1, 0.15) is 0 Å². The zero-order valence-electron chi connectivity index (χ0n) is 10.2. The number of carboxylic acid groups (broad SMARTS) is 1. The smallest absolute Gasteiger partial charge is 0.335 e. The first-order valence-electron chi connectivity index (χ1n) is 5.73. The fraction of sp³-hybridized carbons (Fsp3) is 0.462. The van der Waals surface area contributed by atoms with Crippen molar-refractivity contribution < 1.29 is 19.4 Å². The third-order valence-electron chi connectivity index (χ3n) is 2.42. The average Bonchev–Trinajstić information content (AvgIpc) is 2.34. The van der Waals surface area contributed by atoms with E-state index in [4.69, 9.17) is 14.6 Å². The Hall–Kier alpha value is -1.71. The van der Waals surface area contributed by atoms with Crippen LogP contribution in [0.25, 0.3) is 0 Å². The van der Waals surface area contributed by atoms with Gasteiger partial charge in [-0.15, -0.1) is 0 Å². The standard InChI is InChI=1S/C13H18O4/c1-3-4-5-8-17-12-9-10(13(14)15)6-7-11(12)16-2/h6-7,9H,3-5,8H2,1-2H3,(H,14,15). The Kier molecular flexibility index (Phi) is 5.33. The summed E-state index contributed by atoms with van der Waals surface area (Å²) in [5.74, 6) is 0.0843. The molecular weight excluding hydrogens is 220 g/mol. The Morgan fingerprint density at radius 2 is 2.06 bits per heavy atom. The quantitative estimate of drug-likeness (QED) is 0.742. The third kappa shape index (κ3) is 3.98. The second-order valence-corrected chi connectivity index (χ2v) is 3.73. The summed E-state index contributed by atoms with van der Waals surface area (Å²) >= 11 is 0.